The van der Waals surface area contributed by atoms with Crippen molar-refractivity contribution < 1.29 is 4.79 Å². The van der Waals surface area contributed by atoms with Crippen molar-refractivity contribution >= 4 is 17.7 Å². The molecule has 7 heteroatoms. The van der Waals surface area contributed by atoms with Gasteiger partial charge in [-0.25, -0.2) is 4.68 Å². The summed E-state index contributed by atoms with van der Waals surface area (Å²) in [5, 5.41) is 8.52. The Morgan fingerprint density at radius 3 is 2.81 bits per heavy atom. The van der Waals surface area contributed by atoms with Gasteiger partial charge in [-0.15, -0.1) is 10.2 Å². The molecule has 1 saturated carbocycles. The van der Waals surface area contributed by atoms with Crippen LogP contribution < -0.4 is 5.84 Å². The third-order valence-corrected chi connectivity index (χ3v) is 5.65. The highest BCUT2D eigenvalue weighted by Crippen LogP contribution is 2.35. The van der Waals surface area contributed by atoms with E-state index in [0.717, 1.165) is 18.9 Å². The van der Waals surface area contributed by atoms with Crippen LogP contribution in [-0.4, -0.2) is 44.0 Å². The van der Waals surface area contributed by atoms with Gasteiger partial charge in [-0.05, 0) is 38.5 Å². The van der Waals surface area contributed by atoms with Gasteiger partial charge in [0.05, 0.1) is 5.75 Å². The summed E-state index contributed by atoms with van der Waals surface area (Å²) in [5.74, 6) is 7.83. The molecule has 0 radical (unpaired) electrons. The average Bonchev–Trinajstić information content (AvgIpc) is 2.84. The molecule has 0 bridgehead atoms. The average molecular weight is 309 g/mol. The number of aromatic nitrogens is 3. The summed E-state index contributed by atoms with van der Waals surface area (Å²) in [6, 6.07) is 0.470. The Kier molecular flexibility index (Phi) is 4.37. The number of amides is 1. The zero-order valence-electron chi connectivity index (χ0n) is 12.5. The van der Waals surface area contributed by atoms with Crippen molar-refractivity contribution in [2.24, 2.45) is 5.92 Å². The van der Waals surface area contributed by atoms with Crippen LogP contribution in [0.15, 0.2) is 5.16 Å². The standard InChI is InChI=1S/C14H23N5OS/c1-10-16-17-14(19(10)15)21-9-13(20)18-8-4-6-11-5-2-3-7-12(11)18/h11-12H,2-9,15H2,1H3/t11-,12-/m0/s1. The number of likely N-dealkylation sites (tertiary alicyclic amines) is 1. The van der Waals surface area contributed by atoms with Crippen molar-refractivity contribution in [1.29, 1.82) is 0 Å². The Bertz CT molecular complexity index is 515. The number of hydrogen-bond acceptors (Lipinski definition) is 5. The van der Waals surface area contributed by atoms with Crippen molar-refractivity contribution in [3.63, 3.8) is 0 Å². The lowest BCUT2D eigenvalue weighted by molar-refractivity contribution is -0.134. The number of nitrogens with zero attached hydrogens (tertiary/aromatic N) is 4. The topological polar surface area (TPSA) is 77.0 Å². The molecule has 21 heavy (non-hydrogen) atoms. The van der Waals surface area contributed by atoms with E-state index in [1.54, 1.807) is 6.92 Å². The maximum absolute atomic E-state index is 12.6. The number of hydrogen-bond donors (Lipinski definition) is 1. The Balaban J connectivity index is 1.60. The number of carbonyl (C=O) groups is 1. The molecule has 0 spiro atoms. The summed E-state index contributed by atoms with van der Waals surface area (Å²) in [6.45, 7) is 2.71. The lowest BCUT2D eigenvalue weighted by Gasteiger charge is -2.44. The molecule has 1 aliphatic carbocycles. The second-order valence-electron chi connectivity index (χ2n) is 6.03. The molecule has 0 unspecified atom stereocenters. The van der Waals surface area contributed by atoms with Crippen LogP contribution in [0.3, 0.4) is 0 Å². The summed E-state index contributed by atoms with van der Waals surface area (Å²) in [7, 11) is 0. The third-order valence-electron chi connectivity index (χ3n) is 4.72. The Morgan fingerprint density at radius 1 is 1.29 bits per heavy atom. The first-order chi connectivity index (χ1) is 10.2. The molecular weight excluding hydrogens is 286 g/mol. The molecule has 6 nitrogen and oxygen atoms in total. The number of thioether (sulfide) groups is 1. The van der Waals surface area contributed by atoms with Gasteiger partial charge >= 0.3 is 0 Å². The fourth-order valence-corrected chi connectivity index (χ4v) is 4.38. The number of rotatable bonds is 3. The highest BCUT2D eigenvalue weighted by atomic mass is 32.2. The predicted octanol–water partition coefficient (Wildman–Crippen LogP) is 1.57. The van der Waals surface area contributed by atoms with E-state index in [9.17, 15) is 4.79 Å². The van der Waals surface area contributed by atoms with E-state index in [-0.39, 0.29) is 5.91 Å². The van der Waals surface area contributed by atoms with E-state index in [1.165, 1.54) is 48.5 Å². The largest absolute Gasteiger partial charge is 0.339 e. The molecule has 1 aliphatic heterocycles. The summed E-state index contributed by atoms with van der Waals surface area (Å²) >= 11 is 1.38. The number of piperidine rings is 1. The Labute approximate surface area is 129 Å². The maximum Gasteiger partial charge on any atom is 0.233 e. The van der Waals surface area contributed by atoms with Crippen molar-refractivity contribution in [2.75, 3.05) is 18.1 Å². The molecular formula is C14H23N5OS. The smallest absolute Gasteiger partial charge is 0.233 e. The van der Waals surface area contributed by atoms with Crippen LogP contribution in [-0.2, 0) is 4.79 Å². The first-order valence-corrected chi connectivity index (χ1v) is 8.74. The monoisotopic (exact) mass is 309 g/mol. The van der Waals surface area contributed by atoms with Gasteiger partial charge < -0.3 is 10.7 Å². The molecule has 1 aromatic rings. The Morgan fingerprint density at radius 2 is 2.05 bits per heavy atom. The lowest BCUT2D eigenvalue weighted by Crippen LogP contribution is -2.50. The second kappa shape index (κ2) is 6.25. The summed E-state index contributed by atoms with van der Waals surface area (Å²) in [5.41, 5.74) is 0. The van der Waals surface area contributed by atoms with Crippen molar-refractivity contribution in [1.82, 2.24) is 19.8 Å². The van der Waals surface area contributed by atoms with E-state index in [0.29, 0.717) is 22.8 Å². The van der Waals surface area contributed by atoms with Gasteiger partial charge in [-0.2, -0.15) is 0 Å². The normalized spacial score (nSPS) is 25.7. The fourth-order valence-electron chi connectivity index (χ4n) is 3.59. The minimum atomic E-state index is 0.220. The minimum absolute atomic E-state index is 0.220. The van der Waals surface area contributed by atoms with E-state index >= 15 is 0 Å². The molecule has 2 fully saturated rings. The van der Waals surface area contributed by atoms with Crippen LogP contribution in [0, 0.1) is 12.8 Å². The predicted molar refractivity (Wildman–Crippen MR) is 82.3 cm³/mol. The Hall–Kier alpha value is -1.24. The number of nitrogens with two attached hydrogens (primary N) is 1. The van der Waals surface area contributed by atoms with Crippen molar-refractivity contribution in [2.45, 2.75) is 56.6 Å². The van der Waals surface area contributed by atoms with Gasteiger partial charge in [0.25, 0.3) is 0 Å². The zero-order chi connectivity index (χ0) is 14.8. The zero-order valence-corrected chi connectivity index (χ0v) is 13.3. The quantitative estimate of drug-likeness (QED) is 0.677. The highest BCUT2D eigenvalue weighted by molar-refractivity contribution is 7.99. The van der Waals surface area contributed by atoms with Crippen LogP contribution >= 0.6 is 11.8 Å². The molecule has 116 valence electrons. The number of fused-ring (bicyclic) bond motifs is 1. The summed E-state index contributed by atoms with van der Waals surface area (Å²) in [4.78, 5) is 14.7. The molecule has 2 atom stereocenters. The summed E-state index contributed by atoms with van der Waals surface area (Å²) in [6.07, 6.45) is 7.48. The molecule has 1 saturated heterocycles. The van der Waals surface area contributed by atoms with Gasteiger partial charge in [-0.3, -0.25) is 4.79 Å². The molecule has 1 aromatic heterocycles. The van der Waals surface area contributed by atoms with Gasteiger partial charge in [0.15, 0.2) is 0 Å². The van der Waals surface area contributed by atoms with Crippen LogP contribution in [0.4, 0.5) is 0 Å². The maximum atomic E-state index is 12.6. The number of aryl methyl sites for hydroxylation is 1. The van der Waals surface area contributed by atoms with E-state index in [2.05, 4.69) is 15.1 Å². The first-order valence-electron chi connectivity index (χ1n) is 7.76. The molecule has 3 rings (SSSR count). The van der Waals surface area contributed by atoms with Gasteiger partial charge in [-0.1, -0.05) is 24.6 Å². The van der Waals surface area contributed by atoms with Gasteiger partial charge in [0.2, 0.25) is 11.1 Å². The minimum Gasteiger partial charge on any atom is -0.339 e. The van der Waals surface area contributed by atoms with Crippen LogP contribution in [0.25, 0.3) is 0 Å². The van der Waals surface area contributed by atoms with Crippen LogP contribution in [0.1, 0.15) is 44.3 Å². The van der Waals surface area contributed by atoms with E-state index < -0.39 is 0 Å². The highest BCUT2D eigenvalue weighted by Gasteiger charge is 2.35. The third kappa shape index (κ3) is 3.02. The first kappa shape index (κ1) is 14.7. The molecule has 1 amide bonds. The van der Waals surface area contributed by atoms with Crippen LogP contribution in [0.2, 0.25) is 0 Å². The second-order valence-corrected chi connectivity index (χ2v) is 6.97. The van der Waals surface area contributed by atoms with Crippen LogP contribution in [0.5, 0.6) is 0 Å². The van der Waals surface area contributed by atoms with Crippen molar-refractivity contribution in [3.05, 3.63) is 5.82 Å². The lowest BCUT2D eigenvalue weighted by atomic mass is 9.78. The molecule has 2 aliphatic rings. The summed E-state index contributed by atoms with van der Waals surface area (Å²) < 4.78 is 1.44. The van der Waals surface area contributed by atoms with Gasteiger partial charge in [0.1, 0.15) is 5.82 Å². The molecule has 2 heterocycles. The molecule has 2 N–H and O–H groups in total. The van der Waals surface area contributed by atoms with Crippen molar-refractivity contribution in [3.8, 4) is 0 Å². The van der Waals surface area contributed by atoms with E-state index in [4.69, 9.17) is 5.84 Å². The SMILES string of the molecule is Cc1nnc(SCC(=O)N2CCC[C@@H]3CCCC[C@@H]32)n1N. The molecule has 0 aromatic carbocycles. The number of carbonyl (C=O) groups excluding carboxylic acids is 1. The number of nitrogen functional groups attached to an aromatic ring is 1. The fraction of sp³-hybridized carbons (Fsp3) is 0.786. The van der Waals surface area contributed by atoms with E-state index in [1.807, 2.05) is 0 Å². The van der Waals surface area contributed by atoms with Gasteiger partial charge in [0, 0.05) is 12.6 Å².